The van der Waals surface area contributed by atoms with Gasteiger partial charge in [0.05, 0.1) is 22.4 Å². The number of nitrogen functional groups attached to an aromatic ring is 1. The van der Waals surface area contributed by atoms with Gasteiger partial charge in [-0.1, -0.05) is 11.6 Å². The summed E-state index contributed by atoms with van der Waals surface area (Å²) in [5.74, 6) is 0. The van der Waals surface area contributed by atoms with Gasteiger partial charge < -0.3 is 10.2 Å². The molecule has 4 heteroatoms. The Labute approximate surface area is 78.7 Å². The fraction of sp³-hybridized carbons (Fsp3) is 0. The van der Waals surface area contributed by atoms with Gasteiger partial charge in [-0.25, -0.2) is 0 Å². The van der Waals surface area contributed by atoms with E-state index in [-0.39, 0.29) is 5.43 Å². The van der Waals surface area contributed by atoms with Gasteiger partial charge in [-0.2, -0.15) is 0 Å². The largest absolute Gasteiger partial charge is 0.464 e. The molecule has 2 aromatic rings. The van der Waals surface area contributed by atoms with Crippen molar-refractivity contribution in [3.8, 4) is 0 Å². The van der Waals surface area contributed by atoms with Crippen molar-refractivity contribution in [2.45, 2.75) is 0 Å². The van der Waals surface area contributed by atoms with E-state index in [1.54, 1.807) is 6.07 Å². The molecule has 2 N–H and O–H groups in total. The molecule has 66 valence electrons. The smallest absolute Gasteiger partial charge is 0.192 e. The Morgan fingerprint density at radius 3 is 2.92 bits per heavy atom. The van der Waals surface area contributed by atoms with Crippen molar-refractivity contribution in [3.63, 3.8) is 0 Å². The molecule has 0 aliphatic rings. The molecule has 0 bridgehead atoms. The minimum Gasteiger partial charge on any atom is -0.464 e. The summed E-state index contributed by atoms with van der Waals surface area (Å²) in [4.78, 5) is 11.3. The van der Waals surface area contributed by atoms with Gasteiger partial charge in [-0.15, -0.1) is 0 Å². The quantitative estimate of drug-likeness (QED) is 0.655. The molecule has 0 atom stereocenters. The number of rotatable bonds is 0. The predicted molar refractivity (Wildman–Crippen MR) is 51.9 cm³/mol. The molecule has 0 aliphatic heterocycles. The standard InChI is InChI=1S/C9H6ClNO2/c10-6-3-5-8(12)1-2-13-9(5)4-7(6)11/h1-4H,11H2. The van der Waals surface area contributed by atoms with Crippen LogP contribution in [0.2, 0.25) is 5.02 Å². The number of fused-ring (bicyclic) bond motifs is 1. The summed E-state index contributed by atoms with van der Waals surface area (Å²) >= 11 is 5.75. The molecule has 0 amide bonds. The Kier molecular flexibility index (Phi) is 1.74. The molecule has 0 aliphatic carbocycles. The van der Waals surface area contributed by atoms with Gasteiger partial charge in [0.2, 0.25) is 0 Å². The third kappa shape index (κ3) is 1.27. The molecule has 0 spiro atoms. The Morgan fingerprint density at radius 1 is 1.38 bits per heavy atom. The van der Waals surface area contributed by atoms with Crippen LogP contribution in [-0.2, 0) is 0 Å². The molecule has 13 heavy (non-hydrogen) atoms. The van der Waals surface area contributed by atoms with Crippen LogP contribution in [0, 0.1) is 0 Å². The van der Waals surface area contributed by atoms with Crippen LogP contribution in [0.1, 0.15) is 0 Å². The van der Waals surface area contributed by atoms with E-state index >= 15 is 0 Å². The monoisotopic (exact) mass is 195 g/mol. The first-order chi connectivity index (χ1) is 6.18. The van der Waals surface area contributed by atoms with Crippen LogP contribution in [-0.4, -0.2) is 0 Å². The van der Waals surface area contributed by atoms with Crippen molar-refractivity contribution in [1.29, 1.82) is 0 Å². The van der Waals surface area contributed by atoms with E-state index in [0.29, 0.717) is 21.7 Å². The molecule has 1 aromatic carbocycles. The zero-order valence-electron chi connectivity index (χ0n) is 6.58. The SMILES string of the molecule is Nc1cc2occc(=O)c2cc1Cl. The second-order valence-corrected chi connectivity index (χ2v) is 3.06. The van der Waals surface area contributed by atoms with Gasteiger partial charge in [0.15, 0.2) is 5.43 Å². The maximum atomic E-state index is 11.3. The second-order valence-electron chi connectivity index (χ2n) is 2.65. The summed E-state index contributed by atoms with van der Waals surface area (Å²) in [6.07, 6.45) is 1.33. The van der Waals surface area contributed by atoms with Crippen molar-refractivity contribution in [1.82, 2.24) is 0 Å². The van der Waals surface area contributed by atoms with E-state index < -0.39 is 0 Å². The number of nitrogens with two attached hydrogens (primary N) is 1. The fourth-order valence-electron chi connectivity index (χ4n) is 1.12. The van der Waals surface area contributed by atoms with Crippen LogP contribution in [0.3, 0.4) is 0 Å². The zero-order valence-corrected chi connectivity index (χ0v) is 7.34. The molecule has 0 fully saturated rings. The Bertz CT molecular complexity index is 518. The molecule has 0 saturated heterocycles. The van der Waals surface area contributed by atoms with Crippen molar-refractivity contribution in [2.75, 3.05) is 5.73 Å². The molecule has 1 aromatic heterocycles. The number of halogens is 1. The van der Waals surface area contributed by atoms with E-state index in [9.17, 15) is 4.79 Å². The first-order valence-corrected chi connectivity index (χ1v) is 4.03. The number of hydrogen-bond donors (Lipinski definition) is 1. The summed E-state index contributed by atoms with van der Waals surface area (Å²) in [7, 11) is 0. The van der Waals surface area contributed by atoms with E-state index in [4.69, 9.17) is 21.8 Å². The lowest BCUT2D eigenvalue weighted by atomic mass is 10.2. The first kappa shape index (κ1) is 8.13. The van der Waals surface area contributed by atoms with E-state index in [1.807, 2.05) is 0 Å². The second kappa shape index (κ2) is 2.78. The summed E-state index contributed by atoms with van der Waals surface area (Å²) in [6, 6.07) is 4.39. The summed E-state index contributed by atoms with van der Waals surface area (Å²) < 4.78 is 5.09. The van der Waals surface area contributed by atoms with E-state index in [1.165, 1.54) is 18.4 Å². The summed E-state index contributed by atoms with van der Waals surface area (Å²) in [5.41, 5.74) is 6.28. The van der Waals surface area contributed by atoms with Gasteiger partial charge in [-0.3, -0.25) is 4.79 Å². The molecule has 3 nitrogen and oxygen atoms in total. The normalized spacial score (nSPS) is 10.5. The molecule has 1 heterocycles. The van der Waals surface area contributed by atoms with Crippen molar-refractivity contribution < 1.29 is 4.42 Å². The third-order valence-corrected chi connectivity index (χ3v) is 2.11. The minimum absolute atomic E-state index is 0.122. The Hall–Kier alpha value is -1.48. The van der Waals surface area contributed by atoms with Crippen LogP contribution in [0.15, 0.2) is 33.7 Å². The highest BCUT2D eigenvalue weighted by Crippen LogP contribution is 2.23. The lowest BCUT2D eigenvalue weighted by molar-refractivity contribution is 0.603. The van der Waals surface area contributed by atoms with Gasteiger partial charge in [0, 0.05) is 12.1 Å². The van der Waals surface area contributed by atoms with Crippen LogP contribution in [0.5, 0.6) is 0 Å². The van der Waals surface area contributed by atoms with Crippen molar-refractivity contribution >= 4 is 28.3 Å². The first-order valence-electron chi connectivity index (χ1n) is 3.65. The fourth-order valence-corrected chi connectivity index (χ4v) is 1.28. The molecular formula is C9H6ClNO2. The van der Waals surface area contributed by atoms with Gasteiger partial charge in [-0.05, 0) is 6.07 Å². The maximum absolute atomic E-state index is 11.3. The van der Waals surface area contributed by atoms with Gasteiger partial charge in [0.1, 0.15) is 5.58 Å². The Morgan fingerprint density at radius 2 is 2.15 bits per heavy atom. The predicted octanol–water partition coefficient (Wildman–Crippen LogP) is 2.03. The third-order valence-electron chi connectivity index (χ3n) is 1.78. The van der Waals surface area contributed by atoms with Crippen LogP contribution >= 0.6 is 11.6 Å². The van der Waals surface area contributed by atoms with Gasteiger partial charge in [0.25, 0.3) is 0 Å². The van der Waals surface area contributed by atoms with Crippen LogP contribution in [0.4, 0.5) is 5.69 Å². The topological polar surface area (TPSA) is 56.2 Å². The van der Waals surface area contributed by atoms with Crippen molar-refractivity contribution in [3.05, 3.63) is 39.7 Å². The lowest BCUT2D eigenvalue weighted by Crippen LogP contribution is -1.98. The average Bonchev–Trinajstić information content (AvgIpc) is 2.09. The van der Waals surface area contributed by atoms with E-state index in [0.717, 1.165) is 0 Å². The molecule has 0 unspecified atom stereocenters. The molecular weight excluding hydrogens is 190 g/mol. The number of anilines is 1. The van der Waals surface area contributed by atoms with Crippen LogP contribution in [0.25, 0.3) is 11.0 Å². The highest BCUT2D eigenvalue weighted by Gasteiger charge is 2.03. The lowest BCUT2D eigenvalue weighted by Gasteiger charge is -1.99. The van der Waals surface area contributed by atoms with Gasteiger partial charge >= 0.3 is 0 Å². The minimum atomic E-state index is -0.122. The molecule has 0 radical (unpaired) electrons. The van der Waals surface area contributed by atoms with Crippen molar-refractivity contribution in [2.24, 2.45) is 0 Å². The number of benzene rings is 1. The average molecular weight is 196 g/mol. The molecule has 0 saturated carbocycles. The number of hydrogen-bond acceptors (Lipinski definition) is 3. The zero-order chi connectivity index (χ0) is 9.42. The van der Waals surface area contributed by atoms with Crippen LogP contribution < -0.4 is 11.2 Å². The highest BCUT2D eigenvalue weighted by atomic mass is 35.5. The summed E-state index contributed by atoms with van der Waals surface area (Å²) in [5, 5.41) is 0.813. The summed E-state index contributed by atoms with van der Waals surface area (Å²) in [6.45, 7) is 0. The van der Waals surface area contributed by atoms with E-state index in [2.05, 4.69) is 0 Å². The highest BCUT2D eigenvalue weighted by molar-refractivity contribution is 6.33. The molecule has 2 rings (SSSR count). The Balaban J connectivity index is 2.97. The maximum Gasteiger partial charge on any atom is 0.192 e.